The van der Waals surface area contributed by atoms with Crippen LogP contribution in [0.3, 0.4) is 0 Å². The summed E-state index contributed by atoms with van der Waals surface area (Å²) in [6, 6.07) is 5.52. The van der Waals surface area contributed by atoms with Gasteiger partial charge in [-0.25, -0.2) is 13.9 Å². The second-order valence-electron chi connectivity index (χ2n) is 4.21. The lowest BCUT2D eigenvalue weighted by atomic mass is 10.1. The monoisotopic (exact) mass is 261 g/mol. The molecule has 2 aromatic rings. The number of allylic oxidation sites excluding steroid dienone is 1. The Bertz CT molecular complexity index is 632. The standard InChI is InChI=1S/C13H12FN3O2/c1-8(2)7-17-12(11(13(18)19)15-16-17)9-3-5-10(14)6-4-9/h3-6H,1,7H2,2H3,(H,18,19). The van der Waals surface area contributed by atoms with Crippen LogP contribution in [0.2, 0.25) is 0 Å². The smallest absolute Gasteiger partial charge is 0.358 e. The van der Waals surface area contributed by atoms with Crippen molar-refractivity contribution >= 4 is 5.97 Å². The van der Waals surface area contributed by atoms with Crippen molar-refractivity contribution in [2.45, 2.75) is 13.5 Å². The van der Waals surface area contributed by atoms with Crippen LogP contribution in [-0.4, -0.2) is 26.1 Å². The van der Waals surface area contributed by atoms with Gasteiger partial charge in [0.05, 0.1) is 6.54 Å². The van der Waals surface area contributed by atoms with Crippen LogP contribution >= 0.6 is 0 Å². The Morgan fingerprint density at radius 3 is 2.58 bits per heavy atom. The second-order valence-corrected chi connectivity index (χ2v) is 4.21. The number of benzene rings is 1. The minimum atomic E-state index is -1.17. The highest BCUT2D eigenvalue weighted by atomic mass is 19.1. The Labute approximate surface area is 109 Å². The van der Waals surface area contributed by atoms with Gasteiger partial charge in [-0.05, 0) is 31.2 Å². The van der Waals surface area contributed by atoms with Gasteiger partial charge in [-0.3, -0.25) is 0 Å². The van der Waals surface area contributed by atoms with Gasteiger partial charge in [0, 0.05) is 5.56 Å². The molecule has 0 aliphatic rings. The summed E-state index contributed by atoms with van der Waals surface area (Å²) in [5.74, 6) is -1.56. The predicted octanol–water partition coefficient (Wildman–Crippen LogP) is 2.36. The maximum Gasteiger partial charge on any atom is 0.358 e. The SMILES string of the molecule is C=C(C)Cn1nnc(C(=O)O)c1-c1ccc(F)cc1. The van der Waals surface area contributed by atoms with Crippen LogP contribution in [0, 0.1) is 5.82 Å². The maximum atomic E-state index is 12.9. The number of aromatic carboxylic acids is 1. The third kappa shape index (κ3) is 2.67. The van der Waals surface area contributed by atoms with E-state index in [9.17, 15) is 9.18 Å². The number of rotatable bonds is 4. The molecule has 1 aromatic carbocycles. The van der Waals surface area contributed by atoms with E-state index in [0.717, 1.165) is 5.57 Å². The quantitative estimate of drug-likeness (QED) is 0.858. The van der Waals surface area contributed by atoms with Gasteiger partial charge >= 0.3 is 5.97 Å². The molecule has 0 spiro atoms. The first-order valence-corrected chi connectivity index (χ1v) is 5.56. The summed E-state index contributed by atoms with van der Waals surface area (Å²) in [5.41, 5.74) is 1.54. The Hall–Kier alpha value is -2.50. The van der Waals surface area contributed by atoms with E-state index in [1.807, 2.05) is 0 Å². The topological polar surface area (TPSA) is 68.0 Å². The molecule has 0 bridgehead atoms. The molecule has 0 saturated carbocycles. The summed E-state index contributed by atoms with van der Waals surface area (Å²) in [6.45, 7) is 5.91. The minimum Gasteiger partial charge on any atom is -0.476 e. The highest BCUT2D eigenvalue weighted by Gasteiger charge is 2.20. The van der Waals surface area contributed by atoms with Gasteiger partial charge in [0.15, 0.2) is 5.69 Å². The molecule has 6 heteroatoms. The molecule has 1 heterocycles. The molecule has 1 N–H and O–H groups in total. The normalized spacial score (nSPS) is 10.4. The lowest BCUT2D eigenvalue weighted by Gasteiger charge is -2.07. The van der Waals surface area contributed by atoms with E-state index in [2.05, 4.69) is 16.9 Å². The number of hydrogen-bond donors (Lipinski definition) is 1. The summed E-state index contributed by atoms with van der Waals surface area (Å²) >= 11 is 0. The summed E-state index contributed by atoms with van der Waals surface area (Å²) in [7, 11) is 0. The number of hydrogen-bond acceptors (Lipinski definition) is 3. The summed E-state index contributed by atoms with van der Waals surface area (Å²) in [6.07, 6.45) is 0. The lowest BCUT2D eigenvalue weighted by molar-refractivity contribution is 0.0691. The summed E-state index contributed by atoms with van der Waals surface area (Å²) in [5, 5.41) is 16.6. The number of nitrogens with zero attached hydrogens (tertiary/aromatic N) is 3. The molecule has 19 heavy (non-hydrogen) atoms. The molecular weight excluding hydrogens is 249 g/mol. The van der Waals surface area contributed by atoms with Crippen molar-refractivity contribution in [1.29, 1.82) is 0 Å². The third-order valence-electron chi connectivity index (χ3n) is 2.48. The first kappa shape index (κ1) is 12.9. The van der Waals surface area contributed by atoms with Crippen molar-refractivity contribution in [3.8, 4) is 11.3 Å². The van der Waals surface area contributed by atoms with Crippen molar-refractivity contribution in [2.24, 2.45) is 0 Å². The van der Waals surface area contributed by atoms with E-state index < -0.39 is 5.97 Å². The van der Waals surface area contributed by atoms with Gasteiger partial charge in [-0.2, -0.15) is 0 Å². The van der Waals surface area contributed by atoms with E-state index in [1.54, 1.807) is 6.92 Å². The summed E-state index contributed by atoms with van der Waals surface area (Å²) in [4.78, 5) is 11.1. The molecule has 1 aromatic heterocycles. The fourth-order valence-electron chi connectivity index (χ4n) is 1.72. The van der Waals surface area contributed by atoms with Crippen molar-refractivity contribution < 1.29 is 14.3 Å². The largest absolute Gasteiger partial charge is 0.476 e. The number of carboxylic acids is 1. The molecule has 0 aliphatic carbocycles. The van der Waals surface area contributed by atoms with Crippen LogP contribution in [0.15, 0.2) is 36.4 Å². The zero-order valence-corrected chi connectivity index (χ0v) is 10.3. The van der Waals surface area contributed by atoms with Gasteiger partial charge in [0.1, 0.15) is 11.5 Å². The Kier molecular flexibility index (Phi) is 3.41. The van der Waals surface area contributed by atoms with E-state index in [1.165, 1.54) is 28.9 Å². The first-order valence-electron chi connectivity index (χ1n) is 5.56. The Morgan fingerprint density at radius 1 is 1.42 bits per heavy atom. The molecule has 0 saturated heterocycles. The Morgan fingerprint density at radius 2 is 2.05 bits per heavy atom. The molecule has 0 atom stereocenters. The molecule has 5 nitrogen and oxygen atoms in total. The average Bonchev–Trinajstić information content (AvgIpc) is 2.73. The molecule has 0 aliphatic heterocycles. The molecule has 0 amide bonds. The molecule has 0 unspecified atom stereocenters. The van der Waals surface area contributed by atoms with Crippen molar-refractivity contribution in [2.75, 3.05) is 0 Å². The average molecular weight is 261 g/mol. The fraction of sp³-hybridized carbons (Fsp3) is 0.154. The first-order chi connectivity index (χ1) is 8.99. The van der Waals surface area contributed by atoms with Gasteiger partial charge in [0.2, 0.25) is 0 Å². The van der Waals surface area contributed by atoms with Crippen LogP contribution in [-0.2, 0) is 6.54 Å². The Balaban J connectivity index is 2.57. The van der Waals surface area contributed by atoms with Crippen LogP contribution in [0.25, 0.3) is 11.3 Å². The van der Waals surface area contributed by atoms with Crippen molar-refractivity contribution in [1.82, 2.24) is 15.0 Å². The van der Waals surface area contributed by atoms with Crippen LogP contribution in [0.5, 0.6) is 0 Å². The number of aromatic nitrogens is 3. The number of halogens is 1. The molecule has 0 radical (unpaired) electrons. The lowest BCUT2D eigenvalue weighted by Crippen LogP contribution is -2.05. The minimum absolute atomic E-state index is 0.159. The number of carbonyl (C=O) groups is 1. The molecule has 98 valence electrons. The van der Waals surface area contributed by atoms with Crippen molar-refractivity contribution in [3.05, 3.63) is 47.9 Å². The van der Waals surface area contributed by atoms with E-state index >= 15 is 0 Å². The van der Waals surface area contributed by atoms with Gasteiger partial charge in [-0.1, -0.05) is 17.4 Å². The highest BCUT2D eigenvalue weighted by molar-refractivity contribution is 5.92. The highest BCUT2D eigenvalue weighted by Crippen LogP contribution is 2.23. The van der Waals surface area contributed by atoms with Gasteiger partial charge in [0.25, 0.3) is 0 Å². The second kappa shape index (κ2) is 5.01. The molecule has 0 fully saturated rings. The van der Waals surface area contributed by atoms with Gasteiger partial charge in [-0.15, -0.1) is 5.10 Å². The number of carboxylic acid groups (broad SMARTS) is 1. The fourth-order valence-corrected chi connectivity index (χ4v) is 1.72. The predicted molar refractivity (Wildman–Crippen MR) is 67.2 cm³/mol. The van der Waals surface area contributed by atoms with Crippen molar-refractivity contribution in [3.63, 3.8) is 0 Å². The van der Waals surface area contributed by atoms with Gasteiger partial charge < -0.3 is 5.11 Å². The van der Waals surface area contributed by atoms with E-state index in [4.69, 9.17) is 5.11 Å². The molecule has 2 rings (SSSR count). The van der Waals surface area contributed by atoms with Crippen LogP contribution in [0.1, 0.15) is 17.4 Å². The third-order valence-corrected chi connectivity index (χ3v) is 2.48. The van der Waals surface area contributed by atoms with E-state index in [-0.39, 0.29) is 11.5 Å². The zero-order valence-electron chi connectivity index (χ0n) is 10.3. The molecular formula is C13H12FN3O2. The summed E-state index contributed by atoms with van der Waals surface area (Å²) < 4.78 is 14.4. The maximum absolute atomic E-state index is 12.9. The zero-order chi connectivity index (χ0) is 14.0. The van der Waals surface area contributed by atoms with Crippen LogP contribution in [0.4, 0.5) is 4.39 Å². The van der Waals surface area contributed by atoms with E-state index in [0.29, 0.717) is 17.8 Å². The van der Waals surface area contributed by atoms with Crippen LogP contribution < -0.4 is 0 Å².